The zero-order chi connectivity index (χ0) is 27.0. The van der Waals surface area contributed by atoms with Crippen LogP contribution in [0.3, 0.4) is 0 Å². The quantitative estimate of drug-likeness (QED) is 0.129. The van der Waals surface area contributed by atoms with Crippen LogP contribution in [0, 0.1) is 5.92 Å². The van der Waals surface area contributed by atoms with Crippen molar-refractivity contribution in [3.05, 3.63) is 33.1 Å². The van der Waals surface area contributed by atoms with Crippen molar-refractivity contribution in [3.8, 4) is 0 Å². The average Bonchev–Trinajstić information content (AvgIpc) is 3.06. The molecule has 0 radical (unpaired) electrons. The van der Waals surface area contributed by atoms with Gasteiger partial charge in [0.25, 0.3) is 5.56 Å². The highest BCUT2D eigenvalue weighted by atomic mass is 31.3. The summed E-state index contributed by atoms with van der Waals surface area (Å²) in [6.07, 6.45) is -13.1. The van der Waals surface area contributed by atoms with Crippen molar-refractivity contribution < 1.29 is 67.7 Å². The number of nitrogens with one attached hydrogen (secondary N) is 1. The number of aliphatic hydroxyl groups is 6. The van der Waals surface area contributed by atoms with E-state index in [1.54, 1.807) is 0 Å². The van der Waals surface area contributed by atoms with Crippen molar-refractivity contribution in [1.82, 2.24) is 9.55 Å². The van der Waals surface area contributed by atoms with Crippen molar-refractivity contribution in [1.29, 1.82) is 0 Å². The van der Waals surface area contributed by atoms with Crippen LogP contribution < -0.4 is 11.2 Å². The molecule has 18 nitrogen and oxygen atoms in total. The van der Waals surface area contributed by atoms with E-state index in [0.29, 0.717) is 0 Å². The van der Waals surface area contributed by atoms with Gasteiger partial charge in [-0.25, -0.2) is 13.9 Å². The van der Waals surface area contributed by atoms with Crippen molar-refractivity contribution in [2.75, 3.05) is 13.2 Å². The van der Waals surface area contributed by atoms with Gasteiger partial charge in [0.2, 0.25) is 0 Å². The van der Waals surface area contributed by atoms with E-state index in [-0.39, 0.29) is 0 Å². The van der Waals surface area contributed by atoms with Crippen LogP contribution in [0.1, 0.15) is 12.6 Å². The molecule has 0 bridgehead atoms. The molecule has 206 valence electrons. The topological polar surface area (TPSA) is 288 Å². The summed E-state index contributed by atoms with van der Waals surface area (Å²) >= 11 is 0. The average molecular weight is 564 g/mol. The molecule has 1 saturated heterocycles. The molecule has 2 aliphatic rings. The molecule has 1 saturated carbocycles. The molecule has 9 N–H and O–H groups in total. The van der Waals surface area contributed by atoms with Crippen LogP contribution in [0.25, 0.3) is 0 Å². The van der Waals surface area contributed by atoms with E-state index in [9.17, 15) is 59.1 Å². The summed E-state index contributed by atoms with van der Waals surface area (Å²) in [5, 5.41) is 59.0. The van der Waals surface area contributed by atoms with E-state index in [1.165, 1.54) is 0 Å². The number of phosphoric ester groups is 2. The molecular formula is C16H26N2O16P2. The second-order valence-corrected chi connectivity index (χ2v) is 11.2. The minimum absolute atomic E-state index is 0.425. The van der Waals surface area contributed by atoms with Crippen molar-refractivity contribution in [2.24, 2.45) is 5.92 Å². The smallest absolute Gasteiger partial charge is 0.396 e. The lowest BCUT2D eigenvalue weighted by Crippen LogP contribution is -2.54. The molecule has 1 aromatic rings. The Labute approximate surface area is 201 Å². The molecule has 1 aliphatic heterocycles. The van der Waals surface area contributed by atoms with E-state index in [2.05, 4.69) is 13.4 Å². The fraction of sp³-hybridized carbons (Fsp3) is 0.750. The molecule has 0 spiro atoms. The first kappa shape index (κ1) is 29.2. The Bertz CT molecular complexity index is 1120. The lowest BCUT2D eigenvalue weighted by molar-refractivity contribution is -0.160. The van der Waals surface area contributed by atoms with Crippen molar-refractivity contribution in [2.45, 2.75) is 55.4 Å². The van der Waals surface area contributed by atoms with Gasteiger partial charge in [-0.15, -0.1) is 0 Å². The number of hydrogen-bond donors (Lipinski definition) is 9. The predicted molar refractivity (Wildman–Crippen MR) is 112 cm³/mol. The molecule has 11 atom stereocenters. The van der Waals surface area contributed by atoms with Crippen LogP contribution in [0.15, 0.2) is 21.9 Å². The fourth-order valence-corrected chi connectivity index (χ4v) is 6.08. The number of phosphoric acid groups is 2. The van der Waals surface area contributed by atoms with E-state index < -0.39 is 101 Å². The summed E-state index contributed by atoms with van der Waals surface area (Å²) in [5.74, 6) is -1.05. The fourth-order valence-electron chi connectivity index (χ4n) is 3.80. The summed E-state index contributed by atoms with van der Waals surface area (Å²) in [6.45, 7) is -1.67. The minimum Gasteiger partial charge on any atom is -0.396 e. The first-order valence-electron chi connectivity index (χ1n) is 10.3. The Morgan fingerprint density at radius 2 is 1.67 bits per heavy atom. The Hall–Kier alpha value is -1.34. The Morgan fingerprint density at radius 1 is 1.00 bits per heavy atom. The number of aromatic amines is 1. The Balaban J connectivity index is 1.61. The monoisotopic (exact) mass is 564 g/mol. The van der Waals surface area contributed by atoms with E-state index in [0.717, 1.165) is 16.8 Å². The minimum atomic E-state index is -5.47. The molecule has 20 heteroatoms. The van der Waals surface area contributed by atoms with Gasteiger partial charge in [0.05, 0.1) is 18.8 Å². The summed E-state index contributed by atoms with van der Waals surface area (Å²) < 4.78 is 43.7. The highest BCUT2D eigenvalue weighted by molar-refractivity contribution is 7.61. The van der Waals surface area contributed by atoms with Gasteiger partial charge in [0, 0.05) is 24.8 Å². The van der Waals surface area contributed by atoms with Gasteiger partial charge in [0.1, 0.15) is 30.5 Å². The van der Waals surface area contributed by atoms with Gasteiger partial charge in [-0.3, -0.25) is 23.4 Å². The number of rotatable bonds is 9. The number of aliphatic hydroxyl groups excluding tert-OH is 6. The molecule has 0 amide bonds. The first-order valence-corrected chi connectivity index (χ1v) is 13.3. The van der Waals surface area contributed by atoms with Crippen LogP contribution in [0.4, 0.5) is 0 Å². The van der Waals surface area contributed by atoms with Crippen LogP contribution in [-0.4, -0.2) is 106 Å². The van der Waals surface area contributed by atoms with E-state index in [1.807, 2.05) is 4.98 Å². The van der Waals surface area contributed by atoms with Crippen LogP contribution in [-0.2, 0) is 27.2 Å². The van der Waals surface area contributed by atoms with Crippen LogP contribution in [0.5, 0.6) is 0 Å². The third-order valence-corrected chi connectivity index (χ3v) is 8.34. The summed E-state index contributed by atoms with van der Waals surface area (Å²) in [5.41, 5.74) is -1.72. The number of hydrogen-bond acceptors (Lipinski definition) is 14. The predicted octanol–water partition coefficient (Wildman–Crippen LogP) is -4.13. The molecule has 1 aromatic heterocycles. The standard InChI is InChI=1S/C16H26N2O16P2/c19-4-6-3-7(11(22)13(24)10(6)21)33-36(29,30)34-35(27,28)31-5-8-12(23)14(25)15(32-8)18-2-1-9(20)17-16(18)26/h1-2,6-8,10-15,19,21-25H,3-5H2,(H,27,28)(H,29,30)(H,17,20,26)/t6?,7-,8+,10-,11?,12?,13?,14?,15+/m0/s1. The van der Waals surface area contributed by atoms with Crippen LogP contribution in [0.2, 0.25) is 0 Å². The molecule has 7 unspecified atom stereocenters. The van der Waals surface area contributed by atoms with Gasteiger partial charge in [0.15, 0.2) is 6.23 Å². The van der Waals surface area contributed by atoms with Gasteiger partial charge in [-0.1, -0.05) is 0 Å². The number of ether oxygens (including phenoxy) is 1. The SMILES string of the molecule is O=c1ccn([C@@H]2O[C@H](COP(=O)(O)OP(=O)(O)O[C@H]3CC(CO)[C@H](O)C(O)C3O)C(O)C2O)c(=O)[nH]1. The van der Waals surface area contributed by atoms with Gasteiger partial charge in [-0.05, 0) is 6.42 Å². The summed E-state index contributed by atoms with van der Waals surface area (Å²) in [4.78, 5) is 44.7. The number of H-pyrrole nitrogens is 1. The number of aromatic nitrogens is 2. The summed E-state index contributed by atoms with van der Waals surface area (Å²) in [7, 11) is -10.9. The second-order valence-electron chi connectivity index (χ2n) is 8.17. The van der Waals surface area contributed by atoms with Gasteiger partial charge >= 0.3 is 21.3 Å². The van der Waals surface area contributed by atoms with E-state index in [4.69, 9.17) is 4.74 Å². The third-order valence-electron chi connectivity index (χ3n) is 5.67. The van der Waals surface area contributed by atoms with Crippen LogP contribution >= 0.6 is 15.6 Å². The van der Waals surface area contributed by atoms with Gasteiger partial charge in [-0.2, -0.15) is 4.31 Å². The normalized spacial score (nSPS) is 38.4. The van der Waals surface area contributed by atoms with E-state index >= 15 is 0 Å². The second kappa shape index (κ2) is 11.2. The first-order chi connectivity index (χ1) is 16.7. The molecule has 3 rings (SSSR count). The maximum atomic E-state index is 12.2. The largest absolute Gasteiger partial charge is 0.481 e. The summed E-state index contributed by atoms with van der Waals surface area (Å²) in [6, 6.07) is 0.938. The molecular weight excluding hydrogens is 538 g/mol. The third kappa shape index (κ3) is 6.56. The molecule has 1 aliphatic carbocycles. The molecule has 0 aromatic carbocycles. The van der Waals surface area contributed by atoms with Crippen molar-refractivity contribution >= 4 is 15.6 Å². The zero-order valence-electron chi connectivity index (χ0n) is 18.2. The van der Waals surface area contributed by atoms with Crippen molar-refractivity contribution in [3.63, 3.8) is 0 Å². The maximum Gasteiger partial charge on any atom is 0.481 e. The molecule has 2 heterocycles. The lowest BCUT2D eigenvalue weighted by Gasteiger charge is -2.39. The lowest BCUT2D eigenvalue weighted by atomic mass is 9.81. The maximum absolute atomic E-state index is 12.2. The molecule has 2 fully saturated rings. The van der Waals surface area contributed by atoms with Gasteiger partial charge < -0.3 is 45.2 Å². The Kier molecular flexibility index (Phi) is 9.08. The molecule has 36 heavy (non-hydrogen) atoms. The number of nitrogens with zero attached hydrogens (tertiary/aromatic N) is 1. The highest BCUT2D eigenvalue weighted by Gasteiger charge is 2.49. The highest BCUT2D eigenvalue weighted by Crippen LogP contribution is 2.61. The zero-order valence-corrected chi connectivity index (χ0v) is 19.9. The Morgan fingerprint density at radius 3 is 2.28 bits per heavy atom.